The van der Waals surface area contributed by atoms with Crippen LogP contribution in [-0.2, 0) is 22.4 Å². The van der Waals surface area contributed by atoms with Crippen LogP contribution in [0.2, 0.25) is 0 Å². The van der Waals surface area contributed by atoms with E-state index in [0.717, 1.165) is 32.7 Å². The molecule has 0 atom stereocenters. The number of ether oxygens (including phenoxy) is 1. The Labute approximate surface area is 154 Å². The fourth-order valence-corrected chi connectivity index (χ4v) is 3.40. The van der Waals surface area contributed by atoms with Crippen LogP contribution in [0.1, 0.15) is 24.0 Å². The largest absolute Gasteiger partial charge is 0.496 e. The second kappa shape index (κ2) is 7.70. The zero-order chi connectivity index (χ0) is 17.8. The Bertz CT molecular complexity index is 820. The third-order valence-electron chi connectivity index (χ3n) is 4.14. The van der Waals surface area contributed by atoms with Crippen LogP contribution in [0.3, 0.4) is 0 Å². The molecule has 1 heterocycles. The molecule has 130 valence electrons. The molecule has 0 unspecified atom stereocenters. The predicted octanol–water partition coefficient (Wildman–Crippen LogP) is 3.91. The molecular weight excluding hydrogens is 384 g/mol. The van der Waals surface area contributed by atoms with E-state index in [0.29, 0.717) is 25.7 Å². The molecule has 3 rings (SSSR count). The smallest absolute Gasteiger partial charge is 0.224 e. The van der Waals surface area contributed by atoms with Gasteiger partial charge in [0.15, 0.2) is 0 Å². The summed E-state index contributed by atoms with van der Waals surface area (Å²) in [4.78, 5) is 23.6. The number of hydrogen-bond donors (Lipinski definition) is 2. The van der Waals surface area contributed by atoms with Gasteiger partial charge in [-0.15, -0.1) is 0 Å². The molecule has 0 aromatic heterocycles. The standard InChI is InChI=1S/C19H19BrN2O3/c1-25-17-7-2-12(10-15(17)20)3-8-18(23)21-14-5-6-16-13(11-14)4-9-19(24)22-16/h2,5-7,10-11H,3-4,8-9H2,1H3,(H,21,23)(H,22,24). The fraction of sp³-hybridized carbons (Fsp3) is 0.263. The molecule has 0 radical (unpaired) electrons. The van der Waals surface area contributed by atoms with Crippen molar-refractivity contribution in [1.82, 2.24) is 0 Å². The quantitative estimate of drug-likeness (QED) is 0.796. The molecule has 0 bridgehead atoms. The Hall–Kier alpha value is -2.34. The zero-order valence-corrected chi connectivity index (χ0v) is 15.5. The number of anilines is 2. The lowest BCUT2D eigenvalue weighted by atomic mass is 10.0. The number of methoxy groups -OCH3 is 1. The molecule has 2 aromatic carbocycles. The lowest BCUT2D eigenvalue weighted by molar-refractivity contribution is -0.117. The van der Waals surface area contributed by atoms with Crippen molar-refractivity contribution < 1.29 is 14.3 Å². The maximum Gasteiger partial charge on any atom is 0.224 e. The summed E-state index contributed by atoms with van der Waals surface area (Å²) in [6.45, 7) is 0. The maximum atomic E-state index is 12.2. The molecule has 0 fully saturated rings. The van der Waals surface area contributed by atoms with Gasteiger partial charge in [0.05, 0.1) is 11.6 Å². The summed E-state index contributed by atoms with van der Waals surface area (Å²) in [7, 11) is 1.62. The molecule has 0 saturated heterocycles. The Morgan fingerprint density at radius 3 is 2.84 bits per heavy atom. The Morgan fingerprint density at radius 1 is 1.24 bits per heavy atom. The minimum atomic E-state index is -0.0354. The van der Waals surface area contributed by atoms with Crippen LogP contribution in [-0.4, -0.2) is 18.9 Å². The summed E-state index contributed by atoms with van der Waals surface area (Å²) < 4.78 is 6.08. The van der Waals surface area contributed by atoms with Gasteiger partial charge in [-0.1, -0.05) is 6.07 Å². The molecule has 1 aliphatic heterocycles. The molecular formula is C19H19BrN2O3. The molecule has 6 heteroatoms. The Kier molecular flexibility index (Phi) is 5.38. The SMILES string of the molecule is COc1ccc(CCC(=O)Nc2ccc3c(c2)CCC(=O)N3)cc1Br. The van der Waals surface area contributed by atoms with Crippen molar-refractivity contribution in [1.29, 1.82) is 0 Å². The average molecular weight is 403 g/mol. The van der Waals surface area contributed by atoms with Crippen LogP contribution in [0.5, 0.6) is 5.75 Å². The minimum Gasteiger partial charge on any atom is -0.496 e. The van der Waals surface area contributed by atoms with E-state index < -0.39 is 0 Å². The lowest BCUT2D eigenvalue weighted by Gasteiger charge is -2.17. The highest BCUT2D eigenvalue weighted by molar-refractivity contribution is 9.10. The van der Waals surface area contributed by atoms with E-state index in [-0.39, 0.29) is 11.8 Å². The number of carbonyl (C=O) groups excluding carboxylic acids is 2. The highest BCUT2D eigenvalue weighted by atomic mass is 79.9. The fourth-order valence-electron chi connectivity index (χ4n) is 2.81. The highest BCUT2D eigenvalue weighted by Crippen LogP contribution is 2.27. The van der Waals surface area contributed by atoms with Gasteiger partial charge in [0.2, 0.25) is 11.8 Å². The van der Waals surface area contributed by atoms with Gasteiger partial charge in [0.1, 0.15) is 5.75 Å². The van der Waals surface area contributed by atoms with Crippen LogP contribution in [0.15, 0.2) is 40.9 Å². The first-order valence-corrected chi connectivity index (χ1v) is 8.89. The van der Waals surface area contributed by atoms with E-state index in [1.54, 1.807) is 7.11 Å². The van der Waals surface area contributed by atoms with E-state index in [1.165, 1.54) is 0 Å². The minimum absolute atomic E-state index is 0.0354. The lowest BCUT2D eigenvalue weighted by Crippen LogP contribution is -2.19. The third kappa shape index (κ3) is 4.39. The number of carbonyl (C=O) groups is 2. The number of fused-ring (bicyclic) bond motifs is 1. The molecule has 2 amide bonds. The molecule has 0 spiro atoms. The number of amides is 2. The molecule has 0 aliphatic carbocycles. The van der Waals surface area contributed by atoms with Gasteiger partial charge in [-0.3, -0.25) is 9.59 Å². The first kappa shape index (κ1) is 17.5. The second-order valence-corrected chi connectivity index (χ2v) is 6.79. The molecule has 2 N–H and O–H groups in total. The summed E-state index contributed by atoms with van der Waals surface area (Å²) >= 11 is 3.45. The topological polar surface area (TPSA) is 67.4 Å². The molecule has 2 aromatic rings. The number of aryl methyl sites for hydroxylation is 2. The van der Waals surface area contributed by atoms with Crippen LogP contribution < -0.4 is 15.4 Å². The van der Waals surface area contributed by atoms with Gasteiger partial charge in [-0.25, -0.2) is 0 Å². The van der Waals surface area contributed by atoms with Crippen LogP contribution in [0.25, 0.3) is 0 Å². The van der Waals surface area contributed by atoms with Crippen molar-refractivity contribution in [2.45, 2.75) is 25.7 Å². The zero-order valence-electron chi connectivity index (χ0n) is 13.9. The van der Waals surface area contributed by atoms with Gasteiger partial charge in [0.25, 0.3) is 0 Å². The van der Waals surface area contributed by atoms with E-state index in [1.807, 2.05) is 36.4 Å². The van der Waals surface area contributed by atoms with Crippen LogP contribution >= 0.6 is 15.9 Å². The summed E-state index contributed by atoms with van der Waals surface area (Å²) in [6.07, 6.45) is 2.23. The number of rotatable bonds is 5. The molecule has 0 saturated carbocycles. The average Bonchev–Trinajstić information content (AvgIpc) is 2.60. The summed E-state index contributed by atoms with van der Waals surface area (Å²) in [6, 6.07) is 11.4. The monoisotopic (exact) mass is 402 g/mol. The predicted molar refractivity (Wildman–Crippen MR) is 101 cm³/mol. The van der Waals surface area contributed by atoms with Gasteiger partial charge in [-0.2, -0.15) is 0 Å². The number of nitrogens with one attached hydrogen (secondary N) is 2. The Morgan fingerprint density at radius 2 is 2.08 bits per heavy atom. The van der Waals surface area contributed by atoms with E-state index in [9.17, 15) is 9.59 Å². The highest BCUT2D eigenvalue weighted by Gasteiger charge is 2.15. The van der Waals surface area contributed by atoms with Crippen molar-refractivity contribution in [3.8, 4) is 5.75 Å². The number of halogens is 1. The van der Waals surface area contributed by atoms with E-state index in [4.69, 9.17) is 4.74 Å². The van der Waals surface area contributed by atoms with Crippen LogP contribution in [0, 0.1) is 0 Å². The second-order valence-electron chi connectivity index (χ2n) is 5.94. The van der Waals surface area contributed by atoms with Gasteiger partial charge in [-0.05, 0) is 70.2 Å². The Balaban J connectivity index is 1.58. The van der Waals surface area contributed by atoms with Crippen molar-refractivity contribution in [3.63, 3.8) is 0 Å². The van der Waals surface area contributed by atoms with Crippen molar-refractivity contribution in [3.05, 3.63) is 52.0 Å². The maximum absolute atomic E-state index is 12.2. The van der Waals surface area contributed by atoms with Gasteiger partial charge in [0, 0.05) is 24.2 Å². The van der Waals surface area contributed by atoms with E-state index in [2.05, 4.69) is 26.6 Å². The van der Waals surface area contributed by atoms with E-state index >= 15 is 0 Å². The third-order valence-corrected chi connectivity index (χ3v) is 4.76. The molecule has 25 heavy (non-hydrogen) atoms. The number of hydrogen-bond acceptors (Lipinski definition) is 3. The summed E-state index contributed by atoms with van der Waals surface area (Å²) in [5.41, 5.74) is 3.71. The summed E-state index contributed by atoms with van der Waals surface area (Å²) in [5, 5.41) is 5.76. The van der Waals surface area contributed by atoms with Crippen molar-refractivity contribution in [2.75, 3.05) is 17.7 Å². The first-order chi connectivity index (χ1) is 12.0. The van der Waals surface area contributed by atoms with Crippen LogP contribution in [0.4, 0.5) is 11.4 Å². The molecule has 1 aliphatic rings. The summed E-state index contributed by atoms with van der Waals surface area (Å²) in [5.74, 6) is 0.774. The number of benzene rings is 2. The van der Waals surface area contributed by atoms with Gasteiger partial charge >= 0.3 is 0 Å². The van der Waals surface area contributed by atoms with Gasteiger partial charge < -0.3 is 15.4 Å². The van der Waals surface area contributed by atoms with Crippen molar-refractivity contribution >= 4 is 39.1 Å². The van der Waals surface area contributed by atoms with Crippen molar-refractivity contribution in [2.24, 2.45) is 0 Å². The normalized spacial score (nSPS) is 13.0. The molecule has 5 nitrogen and oxygen atoms in total. The first-order valence-electron chi connectivity index (χ1n) is 8.10.